The fraction of sp³-hybridized carbons (Fsp3) is 0.679. The molecular weight excluding hydrogens is 839 g/mol. The standard InChI is InChI=1S/C56H89N5O2S2/c1-9-13-17-21-23-27-31-41(29-25-19-15-11-3)39-60-51(45-35-34-44(64-45)43-33-37-47(59-43)55(5,6)57)49-50(54(60)63)52(46-36-38-48(65-46)56(7,8)58)61(53(49)62)40-42(30-26-20-16-12-4)32-28-24-22-18-14-10-2/h33-38,41-42,59H,9-32,39-40,57-58H2,1-8H3. The van der Waals surface area contributed by atoms with Gasteiger partial charge in [-0.1, -0.05) is 156 Å². The number of fused-ring (bicyclic) bond motifs is 1. The SMILES string of the molecule is CCCCCCCCC(CCCCCC)CN1C(=O)C2=C(c3ccc(C(C)(C)N)s3)N(CC(CCCCCC)CCCCCCCC)C(=O)C2=C1c1ccc(-c2ccc(C(C)(C)N)[nH]2)s1. The van der Waals surface area contributed by atoms with Crippen molar-refractivity contribution in [3.05, 3.63) is 67.9 Å². The Morgan fingerprint density at radius 1 is 0.492 bits per heavy atom. The van der Waals surface area contributed by atoms with Gasteiger partial charge in [-0.15, -0.1) is 22.7 Å². The first-order valence-electron chi connectivity index (χ1n) is 26.3. The fourth-order valence-electron chi connectivity index (χ4n) is 9.91. The maximum Gasteiger partial charge on any atom is 0.261 e. The molecular formula is C56H89N5O2S2. The van der Waals surface area contributed by atoms with E-state index in [1.165, 1.54) is 128 Å². The minimum atomic E-state index is -0.539. The summed E-state index contributed by atoms with van der Waals surface area (Å²) >= 11 is 3.31. The van der Waals surface area contributed by atoms with Gasteiger partial charge in [-0.25, -0.2) is 0 Å². The van der Waals surface area contributed by atoms with Gasteiger partial charge in [0.25, 0.3) is 11.8 Å². The zero-order valence-corrected chi connectivity index (χ0v) is 43.8. The molecule has 5 heterocycles. The second-order valence-corrected chi connectivity index (χ2v) is 23.0. The number of nitrogens with two attached hydrogens (primary N) is 2. The molecule has 0 radical (unpaired) electrons. The number of hydrogen-bond donors (Lipinski definition) is 3. The molecule has 2 amide bonds. The summed E-state index contributed by atoms with van der Waals surface area (Å²) in [5.74, 6) is 0.701. The summed E-state index contributed by atoms with van der Waals surface area (Å²) in [6, 6.07) is 12.7. The fourth-order valence-corrected chi connectivity index (χ4v) is 12.0. The van der Waals surface area contributed by atoms with Gasteiger partial charge in [0, 0.05) is 29.2 Å². The Hall–Kier alpha value is -2.98. The van der Waals surface area contributed by atoms with E-state index in [0.29, 0.717) is 36.1 Å². The summed E-state index contributed by atoms with van der Waals surface area (Å²) in [5.41, 5.74) is 17.0. The van der Waals surface area contributed by atoms with Crippen molar-refractivity contribution in [3.63, 3.8) is 0 Å². The molecule has 362 valence electrons. The maximum atomic E-state index is 15.6. The Bertz CT molecular complexity index is 1990. The summed E-state index contributed by atoms with van der Waals surface area (Å²) in [7, 11) is 0. The van der Waals surface area contributed by atoms with E-state index in [-0.39, 0.29) is 11.8 Å². The van der Waals surface area contributed by atoms with E-state index in [2.05, 4.69) is 74.0 Å². The van der Waals surface area contributed by atoms with Crippen LogP contribution in [0.3, 0.4) is 0 Å². The Labute approximate surface area is 403 Å². The number of amides is 2. The molecule has 5 N–H and O–H groups in total. The van der Waals surface area contributed by atoms with Crippen LogP contribution in [0.25, 0.3) is 22.0 Å². The third-order valence-corrected chi connectivity index (χ3v) is 16.4. The molecule has 0 aliphatic carbocycles. The Morgan fingerprint density at radius 2 is 0.877 bits per heavy atom. The number of H-pyrrole nitrogens is 1. The van der Waals surface area contributed by atoms with Gasteiger partial charge in [0.15, 0.2) is 0 Å². The van der Waals surface area contributed by atoms with Crippen LogP contribution in [0.5, 0.6) is 0 Å². The highest BCUT2D eigenvalue weighted by Gasteiger charge is 2.50. The molecule has 2 atom stereocenters. The first kappa shape index (κ1) is 53.0. The van der Waals surface area contributed by atoms with E-state index in [0.717, 1.165) is 68.0 Å². The lowest BCUT2D eigenvalue weighted by atomic mass is 9.93. The van der Waals surface area contributed by atoms with Crippen molar-refractivity contribution < 1.29 is 9.59 Å². The third-order valence-electron chi connectivity index (χ3n) is 13.9. The summed E-state index contributed by atoms with van der Waals surface area (Å²) in [4.78, 5) is 43.0. The molecule has 3 aromatic heterocycles. The average molecular weight is 928 g/mol. The minimum absolute atomic E-state index is 0.0123. The highest BCUT2D eigenvalue weighted by Crippen LogP contribution is 2.50. The Balaban J connectivity index is 1.61. The zero-order chi connectivity index (χ0) is 47.0. The van der Waals surface area contributed by atoms with Gasteiger partial charge >= 0.3 is 0 Å². The van der Waals surface area contributed by atoms with E-state index in [1.807, 2.05) is 32.6 Å². The molecule has 9 heteroatoms. The van der Waals surface area contributed by atoms with Crippen molar-refractivity contribution in [2.75, 3.05) is 13.1 Å². The Kier molecular flexibility index (Phi) is 21.2. The second-order valence-electron chi connectivity index (χ2n) is 20.9. The molecule has 2 aliphatic rings. The largest absolute Gasteiger partial charge is 0.356 e. The molecule has 7 nitrogen and oxygen atoms in total. The van der Waals surface area contributed by atoms with E-state index < -0.39 is 11.1 Å². The number of nitrogens with one attached hydrogen (secondary N) is 1. The van der Waals surface area contributed by atoms with Gasteiger partial charge in [0.1, 0.15) is 0 Å². The number of unbranched alkanes of at least 4 members (excludes halogenated alkanes) is 16. The minimum Gasteiger partial charge on any atom is -0.356 e. The monoisotopic (exact) mass is 928 g/mol. The van der Waals surface area contributed by atoms with Crippen molar-refractivity contribution in [1.82, 2.24) is 14.8 Å². The first-order chi connectivity index (χ1) is 31.2. The van der Waals surface area contributed by atoms with Gasteiger partial charge in [-0.05, 0) is 102 Å². The van der Waals surface area contributed by atoms with Crippen LogP contribution in [0.4, 0.5) is 0 Å². The molecule has 0 aromatic carbocycles. The smallest absolute Gasteiger partial charge is 0.261 e. The number of hydrogen-bond acceptors (Lipinski definition) is 6. The predicted octanol–water partition coefficient (Wildman–Crippen LogP) is 15.7. The van der Waals surface area contributed by atoms with Crippen molar-refractivity contribution in [2.24, 2.45) is 23.3 Å². The second kappa shape index (κ2) is 26.0. The zero-order valence-electron chi connectivity index (χ0n) is 42.2. The van der Waals surface area contributed by atoms with Crippen LogP contribution in [-0.2, 0) is 20.7 Å². The number of thiophene rings is 2. The van der Waals surface area contributed by atoms with Crippen LogP contribution < -0.4 is 11.5 Å². The molecule has 0 spiro atoms. The lowest BCUT2D eigenvalue weighted by Gasteiger charge is -2.29. The van der Waals surface area contributed by atoms with Crippen LogP contribution in [0.2, 0.25) is 0 Å². The molecule has 0 saturated heterocycles. The maximum absolute atomic E-state index is 15.6. The van der Waals surface area contributed by atoms with Crippen LogP contribution in [-0.4, -0.2) is 39.7 Å². The molecule has 2 aliphatic heterocycles. The highest BCUT2D eigenvalue weighted by atomic mass is 32.1. The summed E-state index contributed by atoms with van der Waals surface area (Å²) in [6.45, 7) is 18.5. The normalized spacial score (nSPS) is 15.7. The van der Waals surface area contributed by atoms with E-state index >= 15 is 9.59 Å². The summed E-state index contributed by atoms with van der Waals surface area (Å²) < 4.78 is 0. The lowest BCUT2D eigenvalue weighted by molar-refractivity contribution is -0.124. The van der Waals surface area contributed by atoms with E-state index in [9.17, 15) is 0 Å². The number of carbonyl (C=O) groups excluding carboxylic acids is 2. The molecule has 65 heavy (non-hydrogen) atoms. The number of rotatable bonds is 33. The van der Waals surface area contributed by atoms with Gasteiger partial charge in [-0.3, -0.25) is 9.59 Å². The van der Waals surface area contributed by atoms with Gasteiger partial charge < -0.3 is 26.3 Å². The van der Waals surface area contributed by atoms with Crippen LogP contribution in [0, 0.1) is 11.8 Å². The van der Waals surface area contributed by atoms with Gasteiger partial charge in [-0.2, -0.15) is 0 Å². The van der Waals surface area contributed by atoms with E-state index in [1.54, 1.807) is 22.7 Å². The highest BCUT2D eigenvalue weighted by molar-refractivity contribution is 7.16. The molecule has 5 rings (SSSR count). The summed E-state index contributed by atoms with van der Waals surface area (Å²) in [5, 5.41) is 0. The van der Waals surface area contributed by atoms with E-state index in [4.69, 9.17) is 11.5 Å². The quantitative estimate of drug-likeness (QED) is 0.0529. The number of carbonyl (C=O) groups is 2. The molecule has 0 bridgehead atoms. The average Bonchev–Trinajstić information content (AvgIpc) is 4.12. The number of aromatic amines is 1. The summed E-state index contributed by atoms with van der Waals surface area (Å²) in [6.07, 6.45) is 29.1. The van der Waals surface area contributed by atoms with Gasteiger partial charge in [0.05, 0.1) is 48.4 Å². The Morgan fingerprint density at radius 3 is 1.28 bits per heavy atom. The van der Waals surface area contributed by atoms with Crippen LogP contribution in [0.15, 0.2) is 47.5 Å². The van der Waals surface area contributed by atoms with Gasteiger partial charge in [0.2, 0.25) is 0 Å². The molecule has 0 saturated carbocycles. The third kappa shape index (κ3) is 14.8. The topological polar surface area (TPSA) is 108 Å². The predicted molar refractivity (Wildman–Crippen MR) is 281 cm³/mol. The van der Waals surface area contributed by atoms with Crippen molar-refractivity contribution in [3.8, 4) is 10.6 Å². The lowest BCUT2D eigenvalue weighted by Crippen LogP contribution is -2.34. The van der Waals surface area contributed by atoms with Crippen molar-refractivity contribution in [1.29, 1.82) is 0 Å². The molecule has 3 aromatic rings. The number of aromatic nitrogens is 1. The van der Waals surface area contributed by atoms with Crippen LogP contribution in [0.1, 0.15) is 230 Å². The van der Waals surface area contributed by atoms with Crippen molar-refractivity contribution >= 4 is 45.9 Å². The van der Waals surface area contributed by atoms with Crippen molar-refractivity contribution in [2.45, 2.75) is 221 Å². The first-order valence-corrected chi connectivity index (χ1v) is 28.0. The van der Waals surface area contributed by atoms with Crippen LogP contribution >= 0.6 is 22.7 Å². The molecule has 2 unspecified atom stereocenters. The number of nitrogens with zero attached hydrogens (tertiary/aromatic N) is 2. The molecule has 0 fully saturated rings.